The van der Waals surface area contributed by atoms with Crippen LogP contribution in [0.5, 0.6) is 5.75 Å². The molecule has 1 fully saturated rings. The Bertz CT molecular complexity index is 553. The lowest BCUT2D eigenvalue weighted by Gasteiger charge is -2.45. The third-order valence-electron chi connectivity index (χ3n) is 4.16. The topological polar surface area (TPSA) is 69.6 Å². The first kappa shape index (κ1) is 15.8. The minimum atomic E-state index is -0.464. The molecular weight excluding hydrogens is 266 g/mol. The van der Waals surface area contributed by atoms with Crippen molar-refractivity contribution in [3.05, 3.63) is 29.3 Å². The maximum atomic E-state index is 12.5. The first-order chi connectivity index (χ1) is 9.60. The van der Waals surface area contributed by atoms with Gasteiger partial charge in [-0.3, -0.25) is 4.79 Å². The number of aryl methyl sites for hydroxylation is 1. The summed E-state index contributed by atoms with van der Waals surface area (Å²) in [7, 11) is 0. The molecule has 1 saturated carbocycles. The fourth-order valence-corrected chi connectivity index (χ4v) is 3.70. The second-order valence-corrected chi connectivity index (χ2v) is 7.44. The van der Waals surface area contributed by atoms with Gasteiger partial charge in [-0.2, -0.15) is 0 Å². The summed E-state index contributed by atoms with van der Waals surface area (Å²) in [6, 6.07) is 4.98. The molecular formula is C17H25NO3. The molecule has 0 spiro atoms. The van der Waals surface area contributed by atoms with Crippen molar-refractivity contribution < 1.29 is 15.0 Å². The summed E-state index contributed by atoms with van der Waals surface area (Å²) in [5, 5.41) is 22.9. The highest BCUT2D eigenvalue weighted by Gasteiger charge is 2.41. The van der Waals surface area contributed by atoms with Crippen LogP contribution >= 0.6 is 0 Å². The fraction of sp³-hybridized carbons (Fsp3) is 0.588. The van der Waals surface area contributed by atoms with Gasteiger partial charge in [-0.15, -0.1) is 0 Å². The van der Waals surface area contributed by atoms with Crippen molar-refractivity contribution in [1.82, 2.24) is 5.32 Å². The molecule has 116 valence electrons. The third-order valence-corrected chi connectivity index (χ3v) is 4.16. The number of aromatic hydroxyl groups is 1. The van der Waals surface area contributed by atoms with Crippen LogP contribution in [0.3, 0.4) is 0 Å². The second-order valence-electron chi connectivity index (χ2n) is 7.44. The highest BCUT2D eigenvalue weighted by Crippen LogP contribution is 2.41. The third kappa shape index (κ3) is 3.76. The Morgan fingerprint density at radius 3 is 2.57 bits per heavy atom. The van der Waals surface area contributed by atoms with Crippen molar-refractivity contribution in [3.63, 3.8) is 0 Å². The van der Waals surface area contributed by atoms with Gasteiger partial charge in [0.1, 0.15) is 5.75 Å². The van der Waals surface area contributed by atoms with Crippen molar-refractivity contribution in [2.75, 3.05) is 0 Å². The minimum Gasteiger partial charge on any atom is -0.507 e. The molecule has 1 aromatic rings. The first-order valence-electron chi connectivity index (χ1n) is 7.40. The molecule has 0 aliphatic heterocycles. The molecule has 4 heteroatoms. The van der Waals surface area contributed by atoms with E-state index in [4.69, 9.17) is 0 Å². The van der Waals surface area contributed by atoms with Gasteiger partial charge in [0.05, 0.1) is 11.7 Å². The number of nitrogens with one attached hydrogen (secondary N) is 1. The van der Waals surface area contributed by atoms with E-state index in [0.717, 1.165) is 18.4 Å². The SMILES string of the molecule is Cc1ccc(O)c(C(=O)N[C@@]2(C)C[C@@H](O)CC(C)(C)C2)c1. The Kier molecular flexibility index (Phi) is 4.02. The zero-order valence-corrected chi connectivity index (χ0v) is 13.2. The molecule has 3 N–H and O–H groups in total. The second kappa shape index (κ2) is 5.34. The van der Waals surface area contributed by atoms with E-state index in [1.54, 1.807) is 12.1 Å². The van der Waals surface area contributed by atoms with Crippen LogP contribution in [0.2, 0.25) is 0 Å². The van der Waals surface area contributed by atoms with Crippen molar-refractivity contribution in [1.29, 1.82) is 0 Å². The number of phenols is 1. The summed E-state index contributed by atoms with van der Waals surface area (Å²) in [6.07, 6.45) is 1.67. The summed E-state index contributed by atoms with van der Waals surface area (Å²) < 4.78 is 0. The average molecular weight is 291 g/mol. The van der Waals surface area contributed by atoms with Crippen LogP contribution in [0, 0.1) is 12.3 Å². The lowest BCUT2D eigenvalue weighted by Crippen LogP contribution is -2.54. The van der Waals surface area contributed by atoms with Gasteiger partial charge in [-0.1, -0.05) is 25.5 Å². The normalized spacial score (nSPS) is 28.1. The van der Waals surface area contributed by atoms with Gasteiger partial charge < -0.3 is 15.5 Å². The number of carbonyl (C=O) groups excluding carboxylic acids is 1. The Balaban J connectivity index is 2.20. The van der Waals surface area contributed by atoms with Crippen LogP contribution in [0.4, 0.5) is 0 Å². The highest BCUT2D eigenvalue weighted by molar-refractivity contribution is 5.97. The molecule has 21 heavy (non-hydrogen) atoms. The zero-order chi connectivity index (χ0) is 15.8. The fourth-order valence-electron chi connectivity index (χ4n) is 3.70. The van der Waals surface area contributed by atoms with E-state index < -0.39 is 11.6 Å². The molecule has 1 aliphatic carbocycles. The molecule has 0 bridgehead atoms. The number of amides is 1. The number of carbonyl (C=O) groups is 1. The number of aliphatic hydroxyl groups excluding tert-OH is 1. The van der Waals surface area contributed by atoms with Gasteiger partial charge >= 0.3 is 0 Å². The molecule has 4 nitrogen and oxygen atoms in total. The number of rotatable bonds is 2. The molecule has 2 atom stereocenters. The summed E-state index contributed by atoms with van der Waals surface area (Å²) in [5.41, 5.74) is 0.726. The number of aliphatic hydroxyl groups is 1. The number of hydrogen-bond donors (Lipinski definition) is 3. The number of hydrogen-bond acceptors (Lipinski definition) is 3. The van der Waals surface area contributed by atoms with Crippen LogP contribution in [0.25, 0.3) is 0 Å². The Morgan fingerprint density at radius 1 is 1.29 bits per heavy atom. The maximum Gasteiger partial charge on any atom is 0.255 e. The van der Waals surface area contributed by atoms with E-state index in [0.29, 0.717) is 6.42 Å². The van der Waals surface area contributed by atoms with Crippen molar-refractivity contribution >= 4 is 5.91 Å². The van der Waals surface area contributed by atoms with Crippen LogP contribution < -0.4 is 5.32 Å². The summed E-state index contributed by atoms with van der Waals surface area (Å²) in [5.74, 6) is -0.305. The van der Waals surface area contributed by atoms with Gasteiger partial charge in [0, 0.05) is 5.54 Å². The minimum absolute atomic E-state index is 0.0164. The molecule has 0 saturated heterocycles. The van der Waals surface area contributed by atoms with Crippen LogP contribution in [-0.4, -0.2) is 27.8 Å². The molecule has 0 radical (unpaired) electrons. The van der Waals surface area contributed by atoms with Crippen LogP contribution in [0.15, 0.2) is 18.2 Å². The van der Waals surface area contributed by atoms with E-state index in [1.165, 1.54) is 6.07 Å². The molecule has 1 aromatic carbocycles. The average Bonchev–Trinajstić information content (AvgIpc) is 2.28. The van der Waals surface area contributed by atoms with E-state index in [2.05, 4.69) is 19.2 Å². The molecule has 0 unspecified atom stereocenters. The largest absolute Gasteiger partial charge is 0.507 e. The quantitative estimate of drug-likeness (QED) is 0.784. The Morgan fingerprint density at radius 2 is 1.95 bits per heavy atom. The predicted octanol–water partition coefficient (Wildman–Crippen LogP) is 2.76. The first-order valence-corrected chi connectivity index (χ1v) is 7.40. The lowest BCUT2D eigenvalue weighted by atomic mass is 9.67. The predicted molar refractivity (Wildman–Crippen MR) is 82.4 cm³/mol. The van der Waals surface area contributed by atoms with E-state index in [9.17, 15) is 15.0 Å². The van der Waals surface area contributed by atoms with Gasteiger partial charge in [0.25, 0.3) is 5.91 Å². The van der Waals surface area contributed by atoms with Crippen molar-refractivity contribution in [2.45, 2.75) is 58.6 Å². The Labute approximate surface area is 126 Å². The van der Waals surface area contributed by atoms with Crippen molar-refractivity contribution in [2.24, 2.45) is 5.41 Å². The van der Waals surface area contributed by atoms with E-state index in [-0.39, 0.29) is 22.6 Å². The van der Waals surface area contributed by atoms with E-state index in [1.807, 2.05) is 13.8 Å². The molecule has 1 amide bonds. The highest BCUT2D eigenvalue weighted by atomic mass is 16.3. The summed E-state index contributed by atoms with van der Waals surface area (Å²) in [4.78, 5) is 12.5. The van der Waals surface area contributed by atoms with Crippen LogP contribution in [0.1, 0.15) is 56.0 Å². The van der Waals surface area contributed by atoms with E-state index >= 15 is 0 Å². The zero-order valence-electron chi connectivity index (χ0n) is 13.2. The van der Waals surface area contributed by atoms with Gasteiger partial charge in [0.2, 0.25) is 0 Å². The lowest BCUT2D eigenvalue weighted by molar-refractivity contribution is 0.0140. The van der Waals surface area contributed by atoms with Gasteiger partial charge in [-0.05, 0) is 50.7 Å². The maximum absolute atomic E-state index is 12.5. The number of phenolic OH excluding ortho intramolecular Hbond substituents is 1. The molecule has 2 rings (SSSR count). The summed E-state index contributed by atoms with van der Waals surface area (Å²) >= 11 is 0. The number of benzene rings is 1. The standard InChI is InChI=1S/C17H25NO3/c1-11-5-6-14(20)13(7-11)15(21)18-17(4)9-12(19)8-16(2,3)10-17/h5-7,12,19-20H,8-10H2,1-4H3,(H,18,21)/t12-,17-/m0/s1. The van der Waals surface area contributed by atoms with Gasteiger partial charge in [-0.25, -0.2) is 0 Å². The monoisotopic (exact) mass is 291 g/mol. The smallest absolute Gasteiger partial charge is 0.255 e. The van der Waals surface area contributed by atoms with Crippen LogP contribution in [-0.2, 0) is 0 Å². The van der Waals surface area contributed by atoms with Crippen molar-refractivity contribution in [3.8, 4) is 5.75 Å². The Hall–Kier alpha value is -1.55. The van der Waals surface area contributed by atoms with Gasteiger partial charge in [0.15, 0.2) is 0 Å². The summed E-state index contributed by atoms with van der Waals surface area (Å²) in [6.45, 7) is 8.04. The molecule has 1 aliphatic rings. The molecule has 0 aromatic heterocycles. The molecule has 0 heterocycles.